The van der Waals surface area contributed by atoms with E-state index < -0.39 is 11.9 Å². The van der Waals surface area contributed by atoms with Gasteiger partial charge < -0.3 is 9.84 Å². The lowest BCUT2D eigenvalue weighted by molar-refractivity contribution is 0.103. The molecular formula is C13H19FO2. The molecule has 0 saturated carbocycles. The van der Waals surface area contributed by atoms with E-state index >= 15 is 0 Å². The van der Waals surface area contributed by atoms with Gasteiger partial charge in [0.2, 0.25) is 0 Å². The minimum Gasteiger partial charge on any atom is -0.494 e. The first-order valence-electron chi connectivity index (χ1n) is 5.65. The Kier molecular flexibility index (Phi) is 4.74. The van der Waals surface area contributed by atoms with Gasteiger partial charge in [-0.1, -0.05) is 32.8 Å². The van der Waals surface area contributed by atoms with E-state index in [1.165, 1.54) is 13.2 Å². The van der Waals surface area contributed by atoms with Gasteiger partial charge in [-0.05, 0) is 23.6 Å². The highest BCUT2D eigenvalue weighted by atomic mass is 19.1. The van der Waals surface area contributed by atoms with Crippen molar-refractivity contribution in [1.82, 2.24) is 0 Å². The van der Waals surface area contributed by atoms with Crippen molar-refractivity contribution in [3.05, 3.63) is 29.6 Å². The predicted molar refractivity (Wildman–Crippen MR) is 62.0 cm³/mol. The average molecular weight is 226 g/mol. The van der Waals surface area contributed by atoms with Crippen LogP contribution in [0.3, 0.4) is 0 Å². The summed E-state index contributed by atoms with van der Waals surface area (Å²) in [6.45, 7) is 4.08. The van der Waals surface area contributed by atoms with Crippen LogP contribution in [-0.2, 0) is 0 Å². The minimum absolute atomic E-state index is 0.183. The Balaban J connectivity index is 2.95. The molecule has 1 atom stereocenters. The Morgan fingerprint density at radius 3 is 2.44 bits per heavy atom. The highest BCUT2D eigenvalue weighted by Crippen LogP contribution is 2.30. The first kappa shape index (κ1) is 13.0. The molecule has 90 valence electrons. The highest BCUT2D eigenvalue weighted by molar-refractivity contribution is 5.31. The molecule has 0 amide bonds. The maximum Gasteiger partial charge on any atom is 0.165 e. The Hall–Kier alpha value is -1.09. The summed E-state index contributed by atoms with van der Waals surface area (Å²) in [5.41, 5.74) is 0.715. The van der Waals surface area contributed by atoms with E-state index in [9.17, 15) is 9.50 Å². The summed E-state index contributed by atoms with van der Waals surface area (Å²) in [7, 11) is 1.42. The predicted octanol–water partition coefficient (Wildman–Crippen LogP) is 3.30. The second kappa shape index (κ2) is 5.85. The molecule has 1 unspecified atom stereocenters. The summed E-state index contributed by atoms with van der Waals surface area (Å²) in [6, 6.07) is 4.51. The molecule has 0 spiro atoms. The van der Waals surface area contributed by atoms with Gasteiger partial charge in [-0.15, -0.1) is 0 Å². The molecule has 1 rings (SSSR count). The zero-order valence-corrected chi connectivity index (χ0v) is 10.0. The summed E-state index contributed by atoms with van der Waals surface area (Å²) in [5.74, 6) is -0.0133. The first-order valence-corrected chi connectivity index (χ1v) is 5.65. The lowest BCUT2D eigenvalue weighted by atomic mass is 9.91. The van der Waals surface area contributed by atoms with Crippen LogP contribution in [0.5, 0.6) is 5.75 Å². The number of hydrogen-bond donors (Lipinski definition) is 1. The molecule has 0 aliphatic carbocycles. The molecule has 1 N–H and O–H groups in total. The molecule has 0 aliphatic heterocycles. The van der Waals surface area contributed by atoms with Crippen LogP contribution in [0.4, 0.5) is 4.39 Å². The highest BCUT2D eigenvalue weighted by Gasteiger charge is 2.18. The van der Waals surface area contributed by atoms with E-state index in [0.717, 1.165) is 12.8 Å². The third-order valence-corrected chi connectivity index (χ3v) is 3.01. The summed E-state index contributed by atoms with van der Waals surface area (Å²) in [4.78, 5) is 0. The molecular weight excluding hydrogens is 207 g/mol. The van der Waals surface area contributed by atoms with E-state index in [-0.39, 0.29) is 11.7 Å². The van der Waals surface area contributed by atoms with E-state index in [1.54, 1.807) is 12.1 Å². The third-order valence-electron chi connectivity index (χ3n) is 3.01. The number of ether oxygens (including phenoxy) is 1. The van der Waals surface area contributed by atoms with E-state index in [2.05, 4.69) is 0 Å². The smallest absolute Gasteiger partial charge is 0.165 e. The summed E-state index contributed by atoms with van der Waals surface area (Å²) < 4.78 is 18.1. The molecule has 1 aromatic rings. The van der Waals surface area contributed by atoms with Crippen LogP contribution in [-0.4, -0.2) is 12.2 Å². The van der Waals surface area contributed by atoms with E-state index in [0.29, 0.717) is 5.56 Å². The molecule has 0 fully saturated rings. The summed E-state index contributed by atoms with van der Waals surface area (Å²) in [6.07, 6.45) is 1.25. The first-order chi connectivity index (χ1) is 7.63. The second-order valence-corrected chi connectivity index (χ2v) is 3.92. The van der Waals surface area contributed by atoms with Crippen LogP contribution < -0.4 is 4.74 Å². The van der Waals surface area contributed by atoms with Crippen molar-refractivity contribution in [2.24, 2.45) is 5.92 Å². The third kappa shape index (κ3) is 2.73. The number of methoxy groups -OCH3 is 1. The van der Waals surface area contributed by atoms with Crippen LogP contribution in [0.2, 0.25) is 0 Å². The quantitative estimate of drug-likeness (QED) is 0.834. The van der Waals surface area contributed by atoms with Crippen molar-refractivity contribution in [1.29, 1.82) is 0 Å². The van der Waals surface area contributed by atoms with Gasteiger partial charge in [-0.2, -0.15) is 0 Å². The minimum atomic E-state index is -0.551. The number of rotatable bonds is 5. The molecule has 0 radical (unpaired) electrons. The fourth-order valence-electron chi connectivity index (χ4n) is 1.87. The molecule has 3 heteroatoms. The lowest BCUT2D eigenvalue weighted by Crippen LogP contribution is -2.11. The number of hydrogen-bond acceptors (Lipinski definition) is 2. The van der Waals surface area contributed by atoms with Gasteiger partial charge in [0.25, 0.3) is 0 Å². The van der Waals surface area contributed by atoms with Gasteiger partial charge in [0.15, 0.2) is 11.6 Å². The van der Waals surface area contributed by atoms with Crippen LogP contribution in [0.15, 0.2) is 18.2 Å². The summed E-state index contributed by atoms with van der Waals surface area (Å²) >= 11 is 0. The van der Waals surface area contributed by atoms with E-state index in [4.69, 9.17) is 4.74 Å². The molecule has 0 bridgehead atoms. The van der Waals surface area contributed by atoms with Gasteiger partial charge in [0, 0.05) is 0 Å². The average Bonchev–Trinajstić information content (AvgIpc) is 2.31. The zero-order chi connectivity index (χ0) is 12.1. The standard InChI is InChI=1S/C13H19FO2/c1-4-9(5-2)13(15)10-6-7-11(14)12(8-10)16-3/h6-9,13,15H,4-5H2,1-3H3. The number of aliphatic hydroxyl groups excluding tert-OH is 1. The SMILES string of the molecule is CCC(CC)C(O)c1ccc(F)c(OC)c1. The maximum atomic E-state index is 13.2. The van der Waals surface area contributed by atoms with E-state index in [1.807, 2.05) is 13.8 Å². The molecule has 0 saturated heterocycles. The monoisotopic (exact) mass is 226 g/mol. The van der Waals surface area contributed by atoms with Gasteiger partial charge >= 0.3 is 0 Å². The van der Waals surface area contributed by atoms with Crippen molar-refractivity contribution in [3.63, 3.8) is 0 Å². The van der Waals surface area contributed by atoms with Crippen LogP contribution >= 0.6 is 0 Å². The zero-order valence-electron chi connectivity index (χ0n) is 10.0. The Morgan fingerprint density at radius 2 is 1.94 bits per heavy atom. The van der Waals surface area contributed by atoms with Crippen LogP contribution in [0.1, 0.15) is 38.4 Å². The van der Waals surface area contributed by atoms with Crippen molar-refractivity contribution >= 4 is 0 Å². The van der Waals surface area contributed by atoms with Crippen molar-refractivity contribution in [2.45, 2.75) is 32.8 Å². The largest absolute Gasteiger partial charge is 0.494 e. The van der Waals surface area contributed by atoms with Gasteiger partial charge in [-0.3, -0.25) is 0 Å². The fourth-order valence-corrected chi connectivity index (χ4v) is 1.87. The fraction of sp³-hybridized carbons (Fsp3) is 0.538. The van der Waals surface area contributed by atoms with Crippen LogP contribution in [0.25, 0.3) is 0 Å². The van der Waals surface area contributed by atoms with Crippen molar-refractivity contribution in [3.8, 4) is 5.75 Å². The molecule has 0 aromatic heterocycles. The van der Waals surface area contributed by atoms with Gasteiger partial charge in [0.05, 0.1) is 13.2 Å². The Morgan fingerprint density at radius 1 is 1.31 bits per heavy atom. The molecule has 0 heterocycles. The number of aliphatic hydroxyl groups is 1. The summed E-state index contributed by atoms with van der Waals surface area (Å²) in [5, 5.41) is 10.1. The Labute approximate surface area is 96.1 Å². The number of benzene rings is 1. The molecule has 0 aliphatic rings. The van der Waals surface area contributed by atoms with Crippen LogP contribution in [0, 0.1) is 11.7 Å². The number of halogens is 1. The normalized spacial score (nSPS) is 12.9. The topological polar surface area (TPSA) is 29.5 Å². The molecule has 1 aromatic carbocycles. The van der Waals surface area contributed by atoms with Gasteiger partial charge in [0.1, 0.15) is 0 Å². The van der Waals surface area contributed by atoms with Gasteiger partial charge in [-0.25, -0.2) is 4.39 Å². The molecule has 2 nitrogen and oxygen atoms in total. The second-order valence-electron chi connectivity index (χ2n) is 3.92. The lowest BCUT2D eigenvalue weighted by Gasteiger charge is -2.20. The maximum absolute atomic E-state index is 13.2. The van der Waals surface area contributed by atoms with Crippen molar-refractivity contribution < 1.29 is 14.2 Å². The Bertz CT molecular complexity index is 335. The van der Waals surface area contributed by atoms with Crippen molar-refractivity contribution in [2.75, 3.05) is 7.11 Å². The molecule has 16 heavy (non-hydrogen) atoms.